The molecule has 154 valence electrons. The third-order valence-corrected chi connectivity index (χ3v) is 5.50. The van der Waals surface area contributed by atoms with E-state index in [0.29, 0.717) is 48.0 Å². The molecule has 2 aromatic rings. The molecule has 8 heteroatoms. The van der Waals surface area contributed by atoms with E-state index in [1.165, 1.54) is 0 Å². The summed E-state index contributed by atoms with van der Waals surface area (Å²) in [6, 6.07) is 8.49. The first-order chi connectivity index (χ1) is 14.6. The molecule has 2 aromatic carbocycles. The van der Waals surface area contributed by atoms with Crippen molar-refractivity contribution in [2.24, 2.45) is 0 Å². The van der Waals surface area contributed by atoms with Crippen LogP contribution in [0.1, 0.15) is 34.3 Å². The Hall–Kier alpha value is -2.68. The molecule has 1 unspecified atom stereocenters. The average Bonchev–Trinajstić information content (AvgIpc) is 3.37. The first kappa shape index (κ1) is 19.3. The van der Waals surface area contributed by atoms with Crippen LogP contribution in [0.25, 0.3) is 6.08 Å². The minimum atomic E-state index is -0.539. The number of halogens is 1. The molecule has 0 aromatic heterocycles. The van der Waals surface area contributed by atoms with Crippen molar-refractivity contribution in [1.29, 1.82) is 0 Å². The maximum atomic E-state index is 12.8. The van der Waals surface area contributed by atoms with Gasteiger partial charge in [-0.3, -0.25) is 4.79 Å². The van der Waals surface area contributed by atoms with E-state index in [1.54, 1.807) is 24.3 Å². The van der Waals surface area contributed by atoms with Crippen molar-refractivity contribution in [1.82, 2.24) is 0 Å². The van der Waals surface area contributed by atoms with Gasteiger partial charge in [0.15, 0.2) is 18.7 Å². The SMILES string of the molecule is O=C1/C(=C/c2cc(Br)cc3c2OCOC3)Oc2cc(OC(=O)C3CCCO3)ccc21. The smallest absolute Gasteiger partial charge is 0.340 e. The quantitative estimate of drug-likeness (QED) is 0.379. The molecule has 3 aliphatic heterocycles. The van der Waals surface area contributed by atoms with Gasteiger partial charge in [0.25, 0.3) is 0 Å². The summed E-state index contributed by atoms with van der Waals surface area (Å²) in [5, 5.41) is 0. The molecule has 30 heavy (non-hydrogen) atoms. The van der Waals surface area contributed by atoms with Crippen LogP contribution in [-0.4, -0.2) is 31.3 Å². The van der Waals surface area contributed by atoms with Crippen molar-refractivity contribution < 1.29 is 33.3 Å². The fourth-order valence-corrected chi connectivity index (χ4v) is 4.16. The van der Waals surface area contributed by atoms with Crippen molar-refractivity contribution in [2.45, 2.75) is 25.6 Å². The maximum Gasteiger partial charge on any atom is 0.340 e. The molecule has 1 fully saturated rings. The lowest BCUT2D eigenvalue weighted by Crippen LogP contribution is -2.24. The van der Waals surface area contributed by atoms with Crippen LogP contribution in [0.3, 0.4) is 0 Å². The van der Waals surface area contributed by atoms with E-state index in [-0.39, 0.29) is 18.3 Å². The Balaban J connectivity index is 1.40. The van der Waals surface area contributed by atoms with E-state index < -0.39 is 12.1 Å². The number of hydrogen-bond acceptors (Lipinski definition) is 7. The van der Waals surface area contributed by atoms with Crippen molar-refractivity contribution in [2.75, 3.05) is 13.4 Å². The molecule has 0 bridgehead atoms. The molecule has 1 atom stereocenters. The van der Waals surface area contributed by atoms with Crippen molar-refractivity contribution in [3.8, 4) is 17.2 Å². The molecule has 3 heterocycles. The average molecular weight is 473 g/mol. The summed E-state index contributed by atoms with van der Waals surface area (Å²) in [6.07, 6.45) is 2.60. The first-order valence-electron chi connectivity index (χ1n) is 9.53. The number of hydrogen-bond donors (Lipinski definition) is 0. The number of esters is 1. The highest BCUT2D eigenvalue weighted by Gasteiger charge is 2.30. The van der Waals surface area contributed by atoms with Gasteiger partial charge in [-0.2, -0.15) is 0 Å². The van der Waals surface area contributed by atoms with Crippen LogP contribution in [0.5, 0.6) is 17.2 Å². The van der Waals surface area contributed by atoms with Gasteiger partial charge in [-0.25, -0.2) is 4.79 Å². The number of carbonyl (C=O) groups is 2. The van der Waals surface area contributed by atoms with Gasteiger partial charge in [-0.1, -0.05) is 15.9 Å². The highest BCUT2D eigenvalue weighted by atomic mass is 79.9. The van der Waals surface area contributed by atoms with E-state index in [9.17, 15) is 9.59 Å². The Morgan fingerprint density at radius 3 is 2.97 bits per heavy atom. The van der Waals surface area contributed by atoms with Crippen LogP contribution in [0.2, 0.25) is 0 Å². The van der Waals surface area contributed by atoms with Crippen LogP contribution >= 0.6 is 15.9 Å². The second kappa shape index (κ2) is 7.86. The van der Waals surface area contributed by atoms with Gasteiger partial charge >= 0.3 is 5.97 Å². The number of benzene rings is 2. The summed E-state index contributed by atoms with van der Waals surface area (Å²) >= 11 is 3.47. The first-order valence-corrected chi connectivity index (χ1v) is 10.3. The summed E-state index contributed by atoms with van der Waals surface area (Å²) in [6.45, 7) is 1.14. The van der Waals surface area contributed by atoms with Gasteiger partial charge in [0, 0.05) is 28.3 Å². The number of rotatable bonds is 3. The van der Waals surface area contributed by atoms with E-state index >= 15 is 0 Å². The standard InChI is InChI=1S/C22H17BrO7/c23-14-6-12(21-13(7-14)10-26-11-28-21)8-19-20(24)16-4-3-15(9-18(16)30-19)29-22(25)17-2-1-5-27-17/h3-4,6-9,17H,1-2,5,10-11H2/b19-8-. The number of Topliss-reactive ketones (excluding diaryl/α,β-unsaturated/α-hetero) is 1. The third kappa shape index (κ3) is 3.62. The maximum absolute atomic E-state index is 12.8. The Morgan fingerprint density at radius 1 is 1.23 bits per heavy atom. The fourth-order valence-electron chi connectivity index (χ4n) is 3.63. The molecule has 7 nitrogen and oxygen atoms in total. The summed E-state index contributed by atoms with van der Waals surface area (Å²) in [5.41, 5.74) is 2.00. The predicted octanol–water partition coefficient (Wildman–Crippen LogP) is 4.02. The number of ketones is 1. The Bertz CT molecular complexity index is 1070. The summed E-state index contributed by atoms with van der Waals surface area (Å²) < 4.78 is 28.3. The number of allylic oxidation sites excluding steroid dienone is 1. The molecular formula is C22H17BrO7. The van der Waals surface area contributed by atoms with Crippen LogP contribution in [0, 0.1) is 0 Å². The second-order valence-electron chi connectivity index (χ2n) is 7.11. The monoisotopic (exact) mass is 472 g/mol. The minimum absolute atomic E-state index is 0.152. The van der Waals surface area contributed by atoms with Crippen molar-refractivity contribution >= 4 is 33.8 Å². The lowest BCUT2D eigenvalue weighted by Gasteiger charge is -2.20. The molecule has 0 aliphatic carbocycles. The molecular weight excluding hydrogens is 456 g/mol. The fraction of sp³-hybridized carbons (Fsp3) is 0.273. The van der Waals surface area contributed by atoms with E-state index in [4.69, 9.17) is 23.7 Å². The van der Waals surface area contributed by atoms with E-state index in [2.05, 4.69) is 15.9 Å². The highest BCUT2D eigenvalue weighted by Crippen LogP contribution is 2.38. The molecule has 5 rings (SSSR count). The van der Waals surface area contributed by atoms with Gasteiger partial charge in [0.2, 0.25) is 5.78 Å². The molecule has 1 saturated heterocycles. The molecule has 0 spiro atoms. The summed E-state index contributed by atoms with van der Waals surface area (Å²) in [4.78, 5) is 25.0. The lowest BCUT2D eigenvalue weighted by molar-refractivity contribution is -0.144. The van der Waals surface area contributed by atoms with Gasteiger partial charge in [0.05, 0.1) is 12.2 Å². The molecule has 0 saturated carbocycles. The normalized spacial score (nSPS) is 21.0. The number of ether oxygens (including phenoxy) is 5. The molecule has 0 radical (unpaired) electrons. The summed E-state index contributed by atoms with van der Waals surface area (Å²) in [5.74, 6) is 0.801. The third-order valence-electron chi connectivity index (χ3n) is 5.04. The van der Waals surface area contributed by atoms with Crippen molar-refractivity contribution in [3.05, 3.63) is 57.3 Å². The Morgan fingerprint density at radius 2 is 2.13 bits per heavy atom. The number of carbonyl (C=O) groups excluding carboxylic acids is 2. The highest BCUT2D eigenvalue weighted by molar-refractivity contribution is 9.10. The van der Waals surface area contributed by atoms with E-state index in [0.717, 1.165) is 16.5 Å². The zero-order valence-corrected chi connectivity index (χ0v) is 17.4. The van der Waals surface area contributed by atoms with Gasteiger partial charge in [0.1, 0.15) is 17.2 Å². The lowest BCUT2D eigenvalue weighted by atomic mass is 10.1. The topological polar surface area (TPSA) is 80.3 Å². The van der Waals surface area contributed by atoms with Crippen LogP contribution < -0.4 is 14.2 Å². The molecule has 0 N–H and O–H groups in total. The Labute approximate surface area is 180 Å². The van der Waals surface area contributed by atoms with E-state index in [1.807, 2.05) is 12.1 Å². The predicted molar refractivity (Wildman–Crippen MR) is 108 cm³/mol. The second-order valence-corrected chi connectivity index (χ2v) is 8.03. The molecule has 3 aliphatic rings. The van der Waals surface area contributed by atoms with Gasteiger partial charge in [-0.05, 0) is 43.2 Å². The Kier molecular flexibility index (Phi) is 5.06. The number of fused-ring (bicyclic) bond motifs is 2. The minimum Gasteiger partial charge on any atom is -0.467 e. The van der Waals surface area contributed by atoms with Gasteiger partial charge in [-0.15, -0.1) is 0 Å². The van der Waals surface area contributed by atoms with Crippen LogP contribution in [-0.2, 0) is 20.9 Å². The van der Waals surface area contributed by atoms with Crippen molar-refractivity contribution in [3.63, 3.8) is 0 Å². The summed E-state index contributed by atoms with van der Waals surface area (Å²) in [7, 11) is 0. The molecule has 0 amide bonds. The van der Waals surface area contributed by atoms with Crippen LogP contribution in [0.4, 0.5) is 0 Å². The zero-order chi connectivity index (χ0) is 20.7. The largest absolute Gasteiger partial charge is 0.467 e. The van der Waals surface area contributed by atoms with Crippen LogP contribution in [0.15, 0.2) is 40.6 Å². The zero-order valence-electron chi connectivity index (χ0n) is 15.8. The van der Waals surface area contributed by atoms with Gasteiger partial charge < -0.3 is 23.7 Å².